The van der Waals surface area contributed by atoms with Crippen LogP contribution >= 0.6 is 0 Å². The minimum absolute atomic E-state index is 0.0102. The van der Waals surface area contributed by atoms with Crippen molar-refractivity contribution in [1.29, 1.82) is 0 Å². The molecule has 0 spiro atoms. The van der Waals surface area contributed by atoms with Crippen LogP contribution in [0.4, 0.5) is 10.5 Å². The number of hydrogen-bond acceptors (Lipinski definition) is 2. The van der Waals surface area contributed by atoms with E-state index in [-0.39, 0.29) is 17.6 Å². The van der Waals surface area contributed by atoms with Crippen molar-refractivity contribution in [1.82, 2.24) is 9.88 Å². The monoisotopic (exact) mass is 355 g/mol. The summed E-state index contributed by atoms with van der Waals surface area (Å²) in [6.45, 7) is 4.78. The second kappa shape index (κ2) is 8.39. The lowest BCUT2D eigenvalue weighted by atomic mass is 10.1. The third-order valence-electron chi connectivity index (χ3n) is 4.99. The van der Waals surface area contributed by atoms with Gasteiger partial charge in [0, 0.05) is 29.6 Å². The van der Waals surface area contributed by atoms with Gasteiger partial charge in [-0.3, -0.25) is 4.79 Å². The average molecular weight is 355 g/mol. The molecule has 1 aromatic heterocycles. The number of benzene rings is 1. The summed E-state index contributed by atoms with van der Waals surface area (Å²) >= 11 is 0. The van der Waals surface area contributed by atoms with Crippen molar-refractivity contribution in [2.45, 2.75) is 65.0 Å². The van der Waals surface area contributed by atoms with Gasteiger partial charge < -0.3 is 15.2 Å². The van der Waals surface area contributed by atoms with Gasteiger partial charge in [-0.15, -0.1) is 0 Å². The van der Waals surface area contributed by atoms with Crippen LogP contribution in [-0.4, -0.2) is 16.6 Å². The lowest BCUT2D eigenvalue weighted by molar-refractivity contribution is 0.247. The summed E-state index contributed by atoms with van der Waals surface area (Å²) in [4.78, 5) is 25.2. The highest BCUT2D eigenvalue weighted by molar-refractivity contribution is 6.01. The van der Waals surface area contributed by atoms with Gasteiger partial charge >= 0.3 is 6.03 Å². The summed E-state index contributed by atoms with van der Waals surface area (Å²) in [6, 6.07) is 7.52. The maximum Gasteiger partial charge on any atom is 0.319 e. The van der Waals surface area contributed by atoms with E-state index in [9.17, 15) is 9.59 Å². The number of nitrogens with one attached hydrogen (secondary N) is 2. The standard InChI is InChI=1S/C21H29N3O2/c1-15(2)13-24-14-19(17-11-7-8-12-18(17)20(24)25)23-21(26)22-16-9-5-3-4-6-10-16/h7-8,11-12,14-16H,3-6,9-10,13H2,1-2H3,(H2,22,23,26). The molecule has 1 saturated carbocycles. The second-order valence-corrected chi connectivity index (χ2v) is 7.73. The lowest BCUT2D eigenvalue weighted by Crippen LogP contribution is -2.38. The van der Waals surface area contributed by atoms with Gasteiger partial charge in [-0.05, 0) is 24.8 Å². The van der Waals surface area contributed by atoms with Gasteiger partial charge in [-0.25, -0.2) is 4.79 Å². The van der Waals surface area contributed by atoms with Gasteiger partial charge in [-0.1, -0.05) is 57.7 Å². The zero-order valence-electron chi connectivity index (χ0n) is 15.8. The van der Waals surface area contributed by atoms with E-state index in [1.165, 1.54) is 25.7 Å². The van der Waals surface area contributed by atoms with Crippen LogP contribution in [0.1, 0.15) is 52.4 Å². The Labute approximate surface area is 154 Å². The predicted molar refractivity (Wildman–Crippen MR) is 107 cm³/mol. The molecule has 1 aliphatic rings. The normalized spacial score (nSPS) is 15.8. The smallest absolute Gasteiger partial charge is 0.319 e. The van der Waals surface area contributed by atoms with Crippen LogP contribution in [0, 0.1) is 5.92 Å². The molecule has 5 heteroatoms. The third kappa shape index (κ3) is 4.45. The first-order chi connectivity index (χ1) is 12.5. The Morgan fingerprint density at radius 3 is 2.42 bits per heavy atom. The maximum atomic E-state index is 12.7. The van der Waals surface area contributed by atoms with Gasteiger partial charge in [0.05, 0.1) is 5.69 Å². The van der Waals surface area contributed by atoms with Crippen molar-refractivity contribution >= 4 is 22.5 Å². The van der Waals surface area contributed by atoms with Crippen LogP contribution in [0.5, 0.6) is 0 Å². The molecular formula is C21H29N3O2. The molecule has 2 aromatic rings. The third-order valence-corrected chi connectivity index (χ3v) is 4.99. The number of urea groups is 1. The minimum Gasteiger partial charge on any atom is -0.335 e. The summed E-state index contributed by atoms with van der Waals surface area (Å²) in [5.41, 5.74) is 0.677. The van der Waals surface area contributed by atoms with E-state index in [4.69, 9.17) is 0 Å². The highest BCUT2D eigenvalue weighted by Gasteiger charge is 2.16. The van der Waals surface area contributed by atoms with E-state index in [2.05, 4.69) is 24.5 Å². The minimum atomic E-state index is -0.184. The summed E-state index contributed by atoms with van der Waals surface area (Å²) in [6.07, 6.45) is 8.72. The molecule has 0 radical (unpaired) electrons. The van der Waals surface area contributed by atoms with Crippen LogP contribution in [0.2, 0.25) is 0 Å². The van der Waals surface area contributed by atoms with E-state index in [1.807, 2.05) is 24.3 Å². The maximum absolute atomic E-state index is 12.7. The van der Waals surface area contributed by atoms with Crippen LogP contribution in [0.25, 0.3) is 10.8 Å². The summed E-state index contributed by atoms with van der Waals surface area (Å²) in [5, 5.41) is 7.52. The molecule has 0 bridgehead atoms. The Hall–Kier alpha value is -2.30. The largest absolute Gasteiger partial charge is 0.335 e. The predicted octanol–water partition coefficient (Wildman–Crippen LogP) is 4.50. The van der Waals surface area contributed by atoms with E-state index in [0.717, 1.165) is 18.2 Å². The number of carbonyl (C=O) groups is 1. The number of nitrogens with zero attached hydrogens (tertiary/aromatic N) is 1. The number of anilines is 1. The fourth-order valence-electron chi connectivity index (χ4n) is 3.74. The molecule has 1 aliphatic carbocycles. The van der Waals surface area contributed by atoms with Crippen LogP contribution in [-0.2, 0) is 6.54 Å². The van der Waals surface area contributed by atoms with Crippen molar-refractivity contribution in [3.63, 3.8) is 0 Å². The van der Waals surface area contributed by atoms with Gasteiger partial charge in [0.15, 0.2) is 0 Å². The average Bonchev–Trinajstić information content (AvgIpc) is 2.87. The van der Waals surface area contributed by atoms with Crippen LogP contribution in [0.15, 0.2) is 35.3 Å². The van der Waals surface area contributed by atoms with Gasteiger partial charge in [0.2, 0.25) is 0 Å². The molecule has 140 valence electrons. The van der Waals surface area contributed by atoms with Gasteiger partial charge in [-0.2, -0.15) is 0 Å². The molecule has 1 aromatic carbocycles. The summed E-state index contributed by atoms with van der Waals surface area (Å²) in [5.74, 6) is 0.349. The second-order valence-electron chi connectivity index (χ2n) is 7.73. The molecular weight excluding hydrogens is 326 g/mol. The van der Waals surface area contributed by atoms with E-state index < -0.39 is 0 Å². The van der Waals surface area contributed by atoms with Gasteiger partial charge in [0.25, 0.3) is 5.56 Å². The summed E-state index contributed by atoms with van der Waals surface area (Å²) < 4.78 is 1.70. The van der Waals surface area contributed by atoms with Crippen LogP contribution in [0.3, 0.4) is 0 Å². The molecule has 1 fully saturated rings. The molecule has 2 amide bonds. The zero-order valence-corrected chi connectivity index (χ0v) is 15.8. The number of hydrogen-bond donors (Lipinski definition) is 2. The SMILES string of the molecule is CC(C)Cn1cc(NC(=O)NC2CCCCCC2)c2ccccc2c1=O. The van der Waals surface area contributed by atoms with Crippen molar-refractivity contribution in [2.24, 2.45) is 5.92 Å². The van der Waals surface area contributed by atoms with E-state index in [0.29, 0.717) is 23.5 Å². The van der Waals surface area contributed by atoms with Crippen LogP contribution < -0.4 is 16.2 Å². The van der Waals surface area contributed by atoms with E-state index >= 15 is 0 Å². The first-order valence-electron chi connectivity index (χ1n) is 9.74. The van der Waals surface area contributed by atoms with Crippen molar-refractivity contribution in [3.8, 4) is 0 Å². The first kappa shape index (κ1) is 18.5. The van der Waals surface area contributed by atoms with Crippen molar-refractivity contribution < 1.29 is 4.79 Å². The highest BCUT2D eigenvalue weighted by atomic mass is 16.2. The molecule has 0 aliphatic heterocycles. The first-order valence-corrected chi connectivity index (χ1v) is 9.74. The van der Waals surface area contributed by atoms with E-state index in [1.54, 1.807) is 10.8 Å². The Kier molecular flexibility index (Phi) is 5.96. The quantitative estimate of drug-likeness (QED) is 0.793. The number of carbonyl (C=O) groups excluding carboxylic acids is 1. The van der Waals surface area contributed by atoms with Crippen molar-refractivity contribution in [2.75, 3.05) is 5.32 Å². The van der Waals surface area contributed by atoms with Crippen molar-refractivity contribution in [3.05, 3.63) is 40.8 Å². The number of amides is 2. The Morgan fingerprint density at radius 2 is 1.77 bits per heavy atom. The number of fused-ring (bicyclic) bond motifs is 1. The lowest BCUT2D eigenvalue weighted by Gasteiger charge is -2.18. The molecule has 1 heterocycles. The number of pyridine rings is 1. The zero-order chi connectivity index (χ0) is 18.5. The molecule has 2 N–H and O–H groups in total. The molecule has 0 saturated heterocycles. The Morgan fingerprint density at radius 1 is 1.12 bits per heavy atom. The topological polar surface area (TPSA) is 63.1 Å². The molecule has 0 atom stereocenters. The Balaban J connectivity index is 1.85. The molecule has 0 unspecified atom stereocenters. The highest BCUT2D eigenvalue weighted by Crippen LogP contribution is 2.21. The fourth-order valence-corrected chi connectivity index (χ4v) is 3.74. The molecule has 3 rings (SSSR count). The molecule has 26 heavy (non-hydrogen) atoms. The number of aromatic nitrogens is 1. The molecule has 5 nitrogen and oxygen atoms in total. The Bertz CT molecular complexity index is 818. The van der Waals surface area contributed by atoms with Gasteiger partial charge in [0.1, 0.15) is 0 Å². The fraction of sp³-hybridized carbons (Fsp3) is 0.524. The number of rotatable bonds is 4. The summed E-state index contributed by atoms with van der Waals surface area (Å²) in [7, 11) is 0.